The van der Waals surface area contributed by atoms with Gasteiger partial charge in [-0.05, 0) is 17.3 Å². The van der Waals surface area contributed by atoms with Gasteiger partial charge < -0.3 is 5.32 Å². The molecule has 1 amide bonds. The molecule has 0 atom stereocenters. The van der Waals surface area contributed by atoms with Crippen molar-refractivity contribution in [2.24, 2.45) is 5.41 Å². The molecule has 0 heterocycles. The Morgan fingerprint density at radius 3 is 2.21 bits per heavy atom. The highest BCUT2D eigenvalue weighted by molar-refractivity contribution is 14.1. The van der Waals surface area contributed by atoms with Gasteiger partial charge in [0.1, 0.15) is 0 Å². The van der Waals surface area contributed by atoms with Crippen LogP contribution >= 0.6 is 22.6 Å². The number of rotatable bonds is 6. The van der Waals surface area contributed by atoms with Crippen LogP contribution in [0.1, 0.15) is 46.5 Å². The monoisotopic (exact) mass is 311 g/mol. The Kier molecular flexibility index (Phi) is 7.59. The summed E-state index contributed by atoms with van der Waals surface area (Å²) in [5.74, 6) is 0.159. The lowest BCUT2D eigenvalue weighted by molar-refractivity contribution is -0.128. The molecule has 0 aromatic rings. The molecule has 1 N–H and O–H groups in total. The molecule has 0 aliphatic rings. The number of halogens is 1. The predicted molar refractivity (Wildman–Crippen MR) is 69.8 cm³/mol. The molecule has 0 saturated heterocycles. The molecule has 0 fully saturated rings. The van der Waals surface area contributed by atoms with E-state index < -0.39 is 0 Å². The van der Waals surface area contributed by atoms with Crippen molar-refractivity contribution in [3.05, 3.63) is 0 Å². The average molecular weight is 311 g/mol. The minimum atomic E-state index is -0.248. The van der Waals surface area contributed by atoms with E-state index in [0.29, 0.717) is 0 Å². The first-order chi connectivity index (χ1) is 6.48. The number of hydrogen-bond acceptors (Lipinski definition) is 1. The fourth-order valence-electron chi connectivity index (χ4n) is 1.04. The Bertz CT molecular complexity index is 163. The van der Waals surface area contributed by atoms with Crippen LogP contribution < -0.4 is 5.32 Å². The summed E-state index contributed by atoms with van der Waals surface area (Å²) in [7, 11) is 0. The molecule has 0 saturated carbocycles. The van der Waals surface area contributed by atoms with Crippen LogP contribution in [-0.2, 0) is 4.79 Å². The maximum absolute atomic E-state index is 11.4. The van der Waals surface area contributed by atoms with Crippen molar-refractivity contribution in [3.63, 3.8) is 0 Å². The Balaban J connectivity index is 3.33. The Morgan fingerprint density at radius 2 is 1.71 bits per heavy atom. The van der Waals surface area contributed by atoms with Crippen LogP contribution in [0.3, 0.4) is 0 Å². The molecule has 14 heavy (non-hydrogen) atoms. The molecule has 0 spiro atoms. The summed E-state index contributed by atoms with van der Waals surface area (Å²) in [4.78, 5) is 11.4. The van der Waals surface area contributed by atoms with Crippen LogP contribution in [-0.4, -0.2) is 16.9 Å². The largest absolute Gasteiger partial charge is 0.356 e. The summed E-state index contributed by atoms with van der Waals surface area (Å²) < 4.78 is 1.24. The summed E-state index contributed by atoms with van der Waals surface area (Å²) in [6.07, 6.45) is 4.92. The number of nitrogens with one attached hydrogen (secondary N) is 1. The van der Waals surface area contributed by atoms with Crippen LogP contribution in [0.5, 0.6) is 0 Å². The highest BCUT2D eigenvalue weighted by atomic mass is 127. The van der Waals surface area contributed by atoms with Gasteiger partial charge in [0.2, 0.25) is 5.91 Å². The van der Waals surface area contributed by atoms with Gasteiger partial charge in [0.25, 0.3) is 0 Å². The molecule has 0 rings (SSSR count). The second kappa shape index (κ2) is 7.49. The van der Waals surface area contributed by atoms with Crippen molar-refractivity contribution in [1.82, 2.24) is 5.32 Å². The number of carbonyl (C=O) groups is 1. The second-order valence-corrected chi connectivity index (χ2v) is 5.69. The zero-order valence-corrected chi connectivity index (χ0v) is 11.7. The molecule has 3 heteroatoms. The van der Waals surface area contributed by atoms with E-state index in [1.807, 2.05) is 20.8 Å². The molecule has 84 valence electrons. The third-order valence-corrected chi connectivity index (χ3v) is 2.79. The third-order valence-electron chi connectivity index (χ3n) is 2.03. The quantitative estimate of drug-likeness (QED) is 0.456. The lowest BCUT2D eigenvalue weighted by Gasteiger charge is -2.17. The smallest absolute Gasteiger partial charge is 0.225 e. The lowest BCUT2D eigenvalue weighted by atomic mass is 9.96. The highest BCUT2D eigenvalue weighted by Crippen LogP contribution is 2.12. The average Bonchev–Trinajstić information content (AvgIpc) is 2.09. The molecule has 0 aliphatic heterocycles. The van der Waals surface area contributed by atoms with E-state index in [-0.39, 0.29) is 11.3 Å². The molecule has 0 unspecified atom stereocenters. The Labute approximate surface area is 101 Å². The molecule has 0 bridgehead atoms. The Hall–Kier alpha value is 0.200. The van der Waals surface area contributed by atoms with Gasteiger partial charge >= 0.3 is 0 Å². The molecule has 0 aromatic heterocycles. The van der Waals surface area contributed by atoms with E-state index in [4.69, 9.17) is 0 Å². The van der Waals surface area contributed by atoms with Gasteiger partial charge in [-0.1, -0.05) is 56.2 Å². The minimum absolute atomic E-state index is 0.159. The first kappa shape index (κ1) is 14.2. The Morgan fingerprint density at radius 1 is 1.14 bits per heavy atom. The van der Waals surface area contributed by atoms with E-state index in [1.54, 1.807) is 0 Å². The van der Waals surface area contributed by atoms with Gasteiger partial charge in [-0.15, -0.1) is 0 Å². The predicted octanol–water partition coefficient (Wildman–Crippen LogP) is 3.14. The SMILES string of the molecule is CC(C)(C)C(=O)NCCCCCCI. The first-order valence-corrected chi connectivity index (χ1v) is 6.85. The topological polar surface area (TPSA) is 29.1 Å². The lowest BCUT2D eigenvalue weighted by Crippen LogP contribution is -2.35. The molecule has 0 radical (unpaired) electrons. The maximum Gasteiger partial charge on any atom is 0.225 e. The van der Waals surface area contributed by atoms with Gasteiger partial charge in [-0.2, -0.15) is 0 Å². The van der Waals surface area contributed by atoms with E-state index >= 15 is 0 Å². The van der Waals surface area contributed by atoms with E-state index in [0.717, 1.165) is 13.0 Å². The molecule has 0 aromatic carbocycles. The second-order valence-electron chi connectivity index (χ2n) is 4.61. The number of amides is 1. The van der Waals surface area contributed by atoms with Crippen LogP contribution in [0.2, 0.25) is 0 Å². The van der Waals surface area contributed by atoms with Crippen LogP contribution in [0.25, 0.3) is 0 Å². The van der Waals surface area contributed by atoms with Crippen molar-refractivity contribution < 1.29 is 4.79 Å². The summed E-state index contributed by atoms with van der Waals surface area (Å²) in [6.45, 7) is 6.66. The zero-order chi connectivity index (χ0) is 11.0. The van der Waals surface area contributed by atoms with Crippen molar-refractivity contribution in [2.45, 2.75) is 46.5 Å². The summed E-state index contributed by atoms with van der Waals surface area (Å²) in [6, 6.07) is 0. The fraction of sp³-hybridized carbons (Fsp3) is 0.909. The van der Waals surface area contributed by atoms with Crippen LogP contribution in [0, 0.1) is 5.41 Å². The fourth-order valence-corrected chi connectivity index (χ4v) is 1.58. The van der Waals surface area contributed by atoms with Gasteiger partial charge in [0, 0.05) is 12.0 Å². The van der Waals surface area contributed by atoms with Gasteiger partial charge in [0.15, 0.2) is 0 Å². The number of alkyl halides is 1. The normalized spacial score (nSPS) is 11.4. The summed E-state index contributed by atoms with van der Waals surface area (Å²) in [5, 5.41) is 2.96. The van der Waals surface area contributed by atoms with E-state index in [1.165, 1.54) is 23.7 Å². The highest BCUT2D eigenvalue weighted by Gasteiger charge is 2.19. The van der Waals surface area contributed by atoms with Crippen molar-refractivity contribution in [3.8, 4) is 0 Å². The van der Waals surface area contributed by atoms with Gasteiger partial charge in [-0.25, -0.2) is 0 Å². The number of hydrogen-bond donors (Lipinski definition) is 1. The van der Waals surface area contributed by atoms with E-state index in [9.17, 15) is 4.79 Å². The molecule has 0 aliphatic carbocycles. The van der Waals surface area contributed by atoms with E-state index in [2.05, 4.69) is 27.9 Å². The van der Waals surface area contributed by atoms with Crippen LogP contribution in [0.4, 0.5) is 0 Å². The molecular weight excluding hydrogens is 289 g/mol. The maximum atomic E-state index is 11.4. The summed E-state index contributed by atoms with van der Waals surface area (Å²) in [5.41, 5.74) is -0.248. The van der Waals surface area contributed by atoms with Crippen molar-refractivity contribution in [2.75, 3.05) is 11.0 Å². The first-order valence-electron chi connectivity index (χ1n) is 5.32. The minimum Gasteiger partial charge on any atom is -0.356 e. The standard InChI is InChI=1S/C11H22INO/c1-11(2,3)10(14)13-9-7-5-4-6-8-12/h4-9H2,1-3H3,(H,13,14). The number of carbonyl (C=O) groups excluding carboxylic acids is 1. The third kappa shape index (κ3) is 7.59. The van der Waals surface area contributed by atoms with Crippen molar-refractivity contribution in [1.29, 1.82) is 0 Å². The molecular formula is C11H22INO. The zero-order valence-electron chi connectivity index (χ0n) is 9.53. The van der Waals surface area contributed by atoms with Crippen molar-refractivity contribution >= 4 is 28.5 Å². The summed E-state index contributed by atoms with van der Waals surface area (Å²) >= 11 is 2.40. The van der Waals surface area contributed by atoms with Gasteiger partial charge in [-0.3, -0.25) is 4.79 Å². The van der Waals surface area contributed by atoms with Gasteiger partial charge in [0.05, 0.1) is 0 Å². The number of unbranched alkanes of at least 4 members (excludes halogenated alkanes) is 3. The molecule has 2 nitrogen and oxygen atoms in total. The van der Waals surface area contributed by atoms with Crippen LogP contribution in [0.15, 0.2) is 0 Å².